The van der Waals surface area contributed by atoms with Crippen molar-refractivity contribution in [3.63, 3.8) is 0 Å². The summed E-state index contributed by atoms with van der Waals surface area (Å²) in [7, 11) is 0. The fourth-order valence-electron chi connectivity index (χ4n) is 2.14. The summed E-state index contributed by atoms with van der Waals surface area (Å²) >= 11 is 0. The summed E-state index contributed by atoms with van der Waals surface area (Å²) in [6.07, 6.45) is 2.81. The smallest absolute Gasteiger partial charge is 0.304 e. The van der Waals surface area contributed by atoms with Crippen LogP contribution < -0.4 is 0 Å². The van der Waals surface area contributed by atoms with Gasteiger partial charge in [-0.25, -0.2) is 0 Å². The molecule has 1 aliphatic carbocycles. The van der Waals surface area contributed by atoms with Crippen LogP contribution >= 0.6 is 0 Å². The Kier molecular flexibility index (Phi) is 3.77. The van der Waals surface area contributed by atoms with E-state index in [0.29, 0.717) is 24.0 Å². The Morgan fingerprint density at radius 1 is 1.40 bits per heavy atom. The molecular formula is C12H23NO2. The molecule has 0 aromatic rings. The number of hydrogen-bond acceptors (Lipinski definition) is 2. The standard InChI is InChI=1S/C12H23NO2/c1-9(2)13(8-5-11(14)15)10(3)12(4)6-7-12/h9-10H,5-8H2,1-4H3,(H,14,15). The van der Waals surface area contributed by atoms with Crippen molar-refractivity contribution in [3.8, 4) is 0 Å². The molecule has 0 aromatic carbocycles. The van der Waals surface area contributed by atoms with E-state index in [4.69, 9.17) is 5.11 Å². The van der Waals surface area contributed by atoms with Crippen molar-refractivity contribution in [1.82, 2.24) is 4.90 Å². The lowest BCUT2D eigenvalue weighted by atomic mass is 9.97. The Morgan fingerprint density at radius 3 is 2.27 bits per heavy atom. The first-order valence-corrected chi connectivity index (χ1v) is 5.84. The first-order valence-electron chi connectivity index (χ1n) is 5.84. The monoisotopic (exact) mass is 213 g/mol. The molecule has 0 bridgehead atoms. The van der Waals surface area contributed by atoms with Gasteiger partial charge in [0.1, 0.15) is 0 Å². The van der Waals surface area contributed by atoms with Crippen molar-refractivity contribution < 1.29 is 9.90 Å². The van der Waals surface area contributed by atoms with Crippen LogP contribution in [0.15, 0.2) is 0 Å². The van der Waals surface area contributed by atoms with Crippen LogP contribution in [-0.2, 0) is 4.79 Å². The zero-order valence-corrected chi connectivity index (χ0v) is 10.3. The van der Waals surface area contributed by atoms with E-state index in [1.807, 2.05) is 0 Å². The lowest BCUT2D eigenvalue weighted by molar-refractivity contribution is -0.137. The Bertz CT molecular complexity index is 234. The maximum Gasteiger partial charge on any atom is 0.304 e. The van der Waals surface area contributed by atoms with Crippen molar-refractivity contribution in [2.75, 3.05) is 6.54 Å². The molecular weight excluding hydrogens is 190 g/mol. The van der Waals surface area contributed by atoms with Crippen molar-refractivity contribution in [2.45, 2.75) is 59.0 Å². The highest BCUT2D eigenvalue weighted by Gasteiger charge is 2.45. The lowest BCUT2D eigenvalue weighted by Crippen LogP contribution is -2.44. The quantitative estimate of drug-likeness (QED) is 0.736. The summed E-state index contributed by atoms with van der Waals surface area (Å²) in [4.78, 5) is 12.9. The van der Waals surface area contributed by atoms with E-state index in [0.717, 1.165) is 0 Å². The lowest BCUT2D eigenvalue weighted by Gasteiger charge is -2.36. The minimum absolute atomic E-state index is 0.249. The third-order valence-corrected chi connectivity index (χ3v) is 3.79. The zero-order valence-electron chi connectivity index (χ0n) is 10.3. The van der Waals surface area contributed by atoms with Gasteiger partial charge in [-0.1, -0.05) is 6.92 Å². The molecule has 15 heavy (non-hydrogen) atoms. The van der Waals surface area contributed by atoms with Crippen molar-refractivity contribution in [3.05, 3.63) is 0 Å². The average Bonchev–Trinajstić information content (AvgIpc) is 2.84. The molecule has 0 amide bonds. The van der Waals surface area contributed by atoms with Gasteiger partial charge in [-0.05, 0) is 39.0 Å². The summed E-state index contributed by atoms with van der Waals surface area (Å²) in [6, 6.07) is 0.925. The summed E-state index contributed by atoms with van der Waals surface area (Å²) in [6.45, 7) is 9.49. The maximum atomic E-state index is 10.6. The number of carboxylic acid groups (broad SMARTS) is 1. The number of carboxylic acids is 1. The fourth-order valence-corrected chi connectivity index (χ4v) is 2.14. The Morgan fingerprint density at radius 2 is 1.93 bits per heavy atom. The molecule has 3 nitrogen and oxygen atoms in total. The average molecular weight is 213 g/mol. The zero-order chi connectivity index (χ0) is 11.6. The van der Waals surface area contributed by atoms with Crippen LogP contribution in [-0.4, -0.2) is 34.6 Å². The fraction of sp³-hybridized carbons (Fsp3) is 0.917. The van der Waals surface area contributed by atoms with Crippen molar-refractivity contribution in [2.24, 2.45) is 5.41 Å². The SMILES string of the molecule is CC(C)N(CCC(=O)O)C(C)C1(C)CC1. The predicted molar refractivity (Wildman–Crippen MR) is 60.9 cm³/mol. The molecule has 0 spiro atoms. The Labute approximate surface area is 92.5 Å². The van der Waals surface area contributed by atoms with Crippen LogP contribution in [0.4, 0.5) is 0 Å². The molecule has 0 radical (unpaired) electrons. The van der Waals surface area contributed by atoms with Crippen LogP contribution in [0.1, 0.15) is 47.0 Å². The van der Waals surface area contributed by atoms with Crippen molar-refractivity contribution in [1.29, 1.82) is 0 Å². The molecule has 88 valence electrons. The largest absolute Gasteiger partial charge is 0.481 e. The highest BCUT2D eigenvalue weighted by atomic mass is 16.4. The van der Waals surface area contributed by atoms with Gasteiger partial charge in [-0.15, -0.1) is 0 Å². The van der Waals surface area contributed by atoms with Crippen LogP contribution in [0.2, 0.25) is 0 Å². The second kappa shape index (κ2) is 4.52. The summed E-state index contributed by atoms with van der Waals surface area (Å²) in [5.74, 6) is -0.700. The molecule has 1 N–H and O–H groups in total. The van der Waals surface area contributed by atoms with Crippen molar-refractivity contribution >= 4 is 5.97 Å². The van der Waals surface area contributed by atoms with Gasteiger partial charge in [-0.2, -0.15) is 0 Å². The van der Waals surface area contributed by atoms with Gasteiger partial charge in [-0.3, -0.25) is 9.69 Å². The number of carbonyl (C=O) groups is 1. The molecule has 3 heteroatoms. The summed E-state index contributed by atoms with van der Waals surface area (Å²) in [5.41, 5.74) is 0.433. The van der Waals surface area contributed by atoms with Gasteiger partial charge in [0.2, 0.25) is 0 Å². The van der Waals surface area contributed by atoms with E-state index in [9.17, 15) is 4.79 Å². The molecule has 1 rings (SSSR count). The highest BCUT2D eigenvalue weighted by Crippen LogP contribution is 2.50. The van der Waals surface area contributed by atoms with E-state index >= 15 is 0 Å². The number of nitrogens with zero attached hydrogens (tertiary/aromatic N) is 1. The topological polar surface area (TPSA) is 40.5 Å². The maximum absolute atomic E-state index is 10.6. The number of aliphatic carboxylic acids is 1. The molecule has 1 fully saturated rings. The number of hydrogen-bond donors (Lipinski definition) is 1. The molecule has 1 aliphatic rings. The number of rotatable bonds is 6. The Hall–Kier alpha value is -0.570. The van der Waals surface area contributed by atoms with Gasteiger partial charge in [0, 0.05) is 18.6 Å². The van der Waals surface area contributed by atoms with Gasteiger partial charge < -0.3 is 5.11 Å². The van der Waals surface area contributed by atoms with Crippen LogP contribution in [0, 0.1) is 5.41 Å². The first kappa shape index (κ1) is 12.5. The second-order valence-electron chi connectivity index (χ2n) is 5.31. The highest BCUT2D eigenvalue weighted by molar-refractivity contribution is 5.66. The molecule has 0 aliphatic heterocycles. The minimum Gasteiger partial charge on any atom is -0.481 e. The molecule has 1 saturated carbocycles. The summed E-state index contributed by atoms with van der Waals surface area (Å²) in [5, 5.41) is 8.72. The van der Waals surface area contributed by atoms with E-state index in [1.54, 1.807) is 0 Å². The molecule has 1 atom stereocenters. The van der Waals surface area contributed by atoms with Crippen LogP contribution in [0.3, 0.4) is 0 Å². The predicted octanol–water partition coefficient (Wildman–Crippen LogP) is 2.36. The van der Waals surface area contributed by atoms with Gasteiger partial charge in [0.05, 0.1) is 6.42 Å². The first-order chi connectivity index (χ1) is 6.87. The molecule has 0 saturated heterocycles. The second-order valence-corrected chi connectivity index (χ2v) is 5.31. The van der Waals surface area contributed by atoms with E-state index < -0.39 is 5.97 Å². The molecule has 1 unspecified atom stereocenters. The molecule has 0 aromatic heterocycles. The van der Waals surface area contributed by atoms with E-state index in [2.05, 4.69) is 32.6 Å². The normalized spacial score (nSPS) is 20.7. The van der Waals surface area contributed by atoms with Crippen LogP contribution in [0.25, 0.3) is 0 Å². The summed E-state index contributed by atoms with van der Waals surface area (Å²) < 4.78 is 0. The third-order valence-electron chi connectivity index (χ3n) is 3.79. The van der Waals surface area contributed by atoms with E-state index in [-0.39, 0.29) is 6.42 Å². The van der Waals surface area contributed by atoms with E-state index in [1.165, 1.54) is 12.8 Å². The van der Waals surface area contributed by atoms with Gasteiger partial charge >= 0.3 is 5.97 Å². The Balaban J connectivity index is 2.53. The van der Waals surface area contributed by atoms with Gasteiger partial charge in [0.15, 0.2) is 0 Å². The third kappa shape index (κ3) is 3.20. The molecule has 0 heterocycles. The van der Waals surface area contributed by atoms with Crippen LogP contribution in [0.5, 0.6) is 0 Å². The minimum atomic E-state index is -0.700. The van der Waals surface area contributed by atoms with Gasteiger partial charge in [0.25, 0.3) is 0 Å².